The SMILES string of the molecule is CCCc1cc(=O)[nH]c(SC2COCCC2N)n1. The van der Waals surface area contributed by atoms with Crippen LogP contribution in [0.3, 0.4) is 0 Å². The van der Waals surface area contributed by atoms with Crippen molar-refractivity contribution in [1.29, 1.82) is 0 Å². The molecule has 2 heterocycles. The number of nitrogens with one attached hydrogen (secondary N) is 1. The molecule has 0 aliphatic carbocycles. The lowest BCUT2D eigenvalue weighted by Crippen LogP contribution is -2.41. The molecule has 2 atom stereocenters. The highest BCUT2D eigenvalue weighted by molar-refractivity contribution is 7.99. The maximum absolute atomic E-state index is 11.5. The van der Waals surface area contributed by atoms with Gasteiger partial charge in [-0.05, 0) is 12.8 Å². The Hall–Kier alpha value is -0.850. The third-order valence-electron chi connectivity index (χ3n) is 2.90. The Morgan fingerprint density at radius 3 is 3.22 bits per heavy atom. The number of aromatic amines is 1. The molecule has 0 amide bonds. The summed E-state index contributed by atoms with van der Waals surface area (Å²) in [6, 6.07) is 1.66. The first-order valence-corrected chi connectivity index (χ1v) is 7.17. The van der Waals surface area contributed by atoms with Crippen molar-refractivity contribution in [3.63, 3.8) is 0 Å². The van der Waals surface area contributed by atoms with Gasteiger partial charge < -0.3 is 15.5 Å². The topological polar surface area (TPSA) is 81.0 Å². The predicted molar refractivity (Wildman–Crippen MR) is 71.9 cm³/mol. The molecule has 0 aromatic carbocycles. The van der Waals surface area contributed by atoms with E-state index in [9.17, 15) is 4.79 Å². The van der Waals surface area contributed by atoms with E-state index in [0.29, 0.717) is 11.8 Å². The Kier molecular flexibility index (Phi) is 4.79. The van der Waals surface area contributed by atoms with Gasteiger partial charge in [0, 0.05) is 24.4 Å². The third kappa shape index (κ3) is 3.57. The molecule has 2 unspecified atom stereocenters. The third-order valence-corrected chi connectivity index (χ3v) is 4.10. The number of ether oxygens (including phenoxy) is 1. The molecular formula is C12H19N3O2S. The normalized spacial score (nSPS) is 24.1. The Morgan fingerprint density at radius 2 is 2.50 bits per heavy atom. The quantitative estimate of drug-likeness (QED) is 0.795. The fourth-order valence-corrected chi connectivity index (χ4v) is 3.01. The summed E-state index contributed by atoms with van der Waals surface area (Å²) in [5.74, 6) is 0. The zero-order chi connectivity index (χ0) is 13.0. The summed E-state index contributed by atoms with van der Waals surface area (Å²) in [6.45, 7) is 3.41. The van der Waals surface area contributed by atoms with Crippen molar-refractivity contribution < 1.29 is 4.74 Å². The second kappa shape index (κ2) is 6.36. The fourth-order valence-electron chi connectivity index (χ4n) is 1.92. The molecule has 18 heavy (non-hydrogen) atoms. The van der Waals surface area contributed by atoms with E-state index in [1.807, 2.05) is 0 Å². The maximum atomic E-state index is 11.5. The first-order chi connectivity index (χ1) is 8.69. The summed E-state index contributed by atoms with van der Waals surface area (Å²) in [4.78, 5) is 18.7. The molecule has 1 saturated heterocycles. The summed E-state index contributed by atoms with van der Waals surface area (Å²) < 4.78 is 5.41. The molecule has 1 aliphatic rings. The minimum absolute atomic E-state index is 0.0961. The van der Waals surface area contributed by atoms with Crippen molar-refractivity contribution in [1.82, 2.24) is 9.97 Å². The molecular weight excluding hydrogens is 250 g/mol. The summed E-state index contributed by atoms with van der Waals surface area (Å²) in [6.07, 6.45) is 2.66. The van der Waals surface area contributed by atoms with Crippen molar-refractivity contribution in [2.75, 3.05) is 13.2 Å². The number of nitrogens with zero attached hydrogens (tertiary/aromatic N) is 1. The van der Waals surface area contributed by atoms with Crippen LogP contribution in [0.2, 0.25) is 0 Å². The largest absolute Gasteiger partial charge is 0.380 e. The molecule has 5 nitrogen and oxygen atoms in total. The minimum Gasteiger partial charge on any atom is -0.380 e. The molecule has 1 aromatic rings. The van der Waals surface area contributed by atoms with Gasteiger partial charge in [-0.25, -0.2) is 4.98 Å². The van der Waals surface area contributed by atoms with E-state index in [1.54, 1.807) is 6.07 Å². The molecule has 1 aliphatic heterocycles. The van der Waals surface area contributed by atoms with Crippen molar-refractivity contribution >= 4 is 11.8 Å². The molecule has 0 bridgehead atoms. The molecule has 1 aromatic heterocycles. The number of rotatable bonds is 4. The van der Waals surface area contributed by atoms with E-state index in [2.05, 4.69) is 16.9 Å². The summed E-state index contributed by atoms with van der Waals surface area (Å²) in [7, 11) is 0. The molecule has 0 saturated carbocycles. The van der Waals surface area contributed by atoms with E-state index in [0.717, 1.165) is 31.6 Å². The molecule has 0 spiro atoms. The van der Waals surface area contributed by atoms with E-state index in [1.165, 1.54) is 11.8 Å². The molecule has 1 fully saturated rings. The van der Waals surface area contributed by atoms with Crippen molar-refractivity contribution in [2.45, 2.75) is 42.6 Å². The lowest BCUT2D eigenvalue weighted by Gasteiger charge is -2.27. The summed E-state index contributed by atoms with van der Waals surface area (Å²) in [5, 5.41) is 0.815. The van der Waals surface area contributed by atoms with E-state index >= 15 is 0 Å². The molecule has 2 rings (SSSR count). The van der Waals surface area contributed by atoms with Crippen LogP contribution in [-0.2, 0) is 11.2 Å². The van der Waals surface area contributed by atoms with Gasteiger partial charge >= 0.3 is 0 Å². The summed E-state index contributed by atoms with van der Waals surface area (Å²) >= 11 is 1.51. The monoisotopic (exact) mass is 269 g/mol. The van der Waals surface area contributed by atoms with E-state index in [4.69, 9.17) is 10.5 Å². The molecule has 100 valence electrons. The van der Waals surface area contributed by atoms with Gasteiger partial charge in [-0.1, -0.05) is 25.1 Å². The molecule has 0 radical (unpaired) electrons. The average molecular weight is 269 g/mol. The van der Waals surface area contributed by atoms with Crippen LogP contribution in [0.4, 0.5) is 0 Å². The van der Waals surface area contributed by atoms with E-state index < -0.39 is 0 Å². The van der Waals surface area contributed by atoms with Crippen LogP contribution in [0.25, 0.3) is 0 Å². The van der Waals surface area contributed by atoms with Crippen LogP contribution in [0, 0.1) is 0 Å². The van der Waals surface area contributed by atoms with Gasteiger partial charge in [-0.3, -0.25) is 4.79 Å². The Bertz CT molecular complexity index is 449. The van der Waals surface area contributed by atoms with Crippen LogP contribution in [0.15, 0.2) is 16.0 Å². The van der Waals surface area contributed by atoms with Crippen molar-refractivity contribution in [3.05, 3.63) is 22.1 Å². The Labute approximate surface area is 111 Å². The van der Waals surface area contributed by atoms with Crippen LogP contribution >= 0.6 is 11.8 Å². The zero-order valence-corrected chi connectivity index (χ0v) is 11.3. The number of aryl methyl sites for hydroxylation is 1. The first-order valence-electron chi connectivity index (χ1n) is 6.29. The van der Waals surface area contributed by atoms with Gasteiger partial charge in [-0.2, -0.15) is 0 Å². The number of aromatic nitrogens is 2. The van der Waals surface area contributed by atoms with Crippen LogP contribution in [-0.4, -0.2) is 34.5 Å². The minimum atomic E-state index is -0.0961. The fraction of sp³-hybridized carbons (Fsp3) is 0.667. The lowest BCUT2D eigenvalue weighted by molar-refractivity contribution is 0.0915. The molecule has 3 N–H and O–H groups in total. The van der Waals surface area contributed by atoms with Gasteiger partial charge in [0.1, 0.15) is 0 Å². The van der Waals surface area contributed by atoms with Gasteiger partial charge in [-0.15, -0.1) is 0 Å². The first kappa shape index (κ1) is 13.6. The Balaban J connectivity index is 2.10. The summed E-state index contributed by atoms with van der Waals surface area (Å²) in [5.41, 5.74) is 6.79. The molecule has 6 heteroatoms. The highest BCUT2D eigenvalue weighted by Crippen LogP contribution is 2.25. The zero-order valence-electron chi connectivity index (χ0n) is 10.5. The van der Waals surface area contributed by atoms with Gasteiger partial charge in [0.05, 0.1) is 11.9 Å². The van der Waals surface area contributed by atoms with E-state index in [-0.39, 0.29) is 16.9 Å². The van der Waals surface area contributed by atoms with Crippen LogP contribution < -0.4 is 11.3 Å². The lowest BCUT2D eigenvalue weighted by atomic mass is 10.1. The predicted octanol–water partition coefficient (Wildman–Crippen LogP) is 0.931. The number of hydrogen-bond acceptors (Lipinski definition) is 5. The van der Waals surface area contributed by atoms with Crippen LogP contribution in [0.5, 0.6) is 0 Å². The smallest absolute Gasteiger partial charge is 0.251 e. The number of hydrogen-bond donors (Lipinski definition) is 2. The maximum Gasteiger partial charge on any atom is 0.251 e. The van der Waals surface area contributed by atoms with Gasteiger partial charge in [0.15, 0.2) is 5.16 Å². The highest BCUT2D eigenvalue weighted by Gasteiger charge is 2.24. The number of nitrogens with two attached hydrogens (primary N) is 1. The van der Waals surface area contributed by atoms with Gasteiger partial charge in [0.25, 0.3) is 5.56 Å². The number of H-pyrrole nitrogens is 1. The van der Waals surface area contributed by atoms with Crippen molar-refractivity contribution in [3.8, 4) is 0 Å². The number of thioether (sulfide) groups is 1. The van der Waals surface area contributed by atoms with Crippen LogP contribution in [0.1, 0.15) is 25.5 Å². The standard InChI is InChI=1S/C12H19N3O2S/c1-2-3-8-6-11(16)15-12(14-8)18-10-7-17-5-4-9(10)13/h6,9-10H,2-5,7,13H2,1H3,(H,14,15,16). The van der Waals surface area contributed by atoms with Crippen molar-refractivity contribution in [2.24, 2.45) is 5.73 Å². The second-order valence-electron chi connectivity index (χ2n) is 4.48. The second-order valence-corrected chi connectivity index (χ2v) is 5.70. The average Bonchev–Trinajstić information content (AvgIpc) is 2.32. The van der Waals surface area contributed by atoms with Gasteiger partial charge in [0.2, 0.25) is 0 Å². The highest BCUT2D eigenvalue weighted by atomic mass is 32.2. The Morgan fingerprint density at radius 1 is 1.67 bits per heavy atom.